The number of allylic oxidation sites excluding steroid dienone is 1. The lowest BCUT2D eigenvalue weighted by Crippen LogP contribution is -2.00. The molecule has 0 spiro atoms. The molecule has 0 unspecified atom stereocenters. The van der Waals surface area contributed by atoms with E-state index in [9.17, 15) is 9.18 Å². The maximum atomic E-state index is 13.8. The highest BCUT2D eigenvalue weighted by Gasteiger charge is 2.11. The molecule has 30 heavy (non-hydrogen) atoms. The van der Waals surface area contributed by atoms with Crippen LogP contribution in [-0.4, -0.2) is 12.9 Å². The summed E-state index contributed by atoms with van der Waals surface area (Å²) in [5.41, 5.74) is 1.60. The monoisotopic (exact) mass is 488 g/mol. The molecule has 1 heterocycles. The first-order valence-corrected chi connectivity index (χ1v) is 11.2. The zero-order valence-corrected chi connectivity index (χ0v) is 19.2. The van der Waals surface area contributed by atoms with Crippen molar-refractivity contribution >= 4 is 39.1 Å². The summed E-state index contributed by atoms with van der Waals surface area (Å²) in [6.07, 6.45) is 5.32. The predicted molar refractivity (Wildman–Crippen MR) is 123 cm³/mol. The van der Waals surface area contributed by atoms with Crippen LogP contribution < -0.4 is 9.47 Å². The third-order valence-corrected chi connectivity index (χ3v) is 6.61. The van der Waals surface area contributed by atoms with Crippen molar-refractivity contribution in [2.45, 2.75) is 26.4 Å². The first-order chi connectivity index (χ1) is 14.5. The maximum absolute atomic E-state index is 13.8. The van der Waals surface area contributed by atoms with E-state index in [1.807, 2.05) is 24.3 Å². The number of para-hydroxylation sites is 1. The summed E-state index contributed by atoms with van der Waals surface area (Å²) in [5.74, 6) is 0.369. The van der Waals surface area contributed by atoms with E-state index in [4.69, 9.17) is 9.47 Å². The molecule has 0 fully saturated rings. The van der Waals surface area contributed by atoms with E-state index in [-0.39, 0.29) is 18.1 Å². The number of thiophene rings is 1. The second-order valence-corrected chi connectivity index (χ2v) is 8.61. The number of aryl methyl sites for hydroxylation is 1. The Kier molecular flexibility index (Phi) is 7.82. The fourth-order valence-electron chi connectivity index (χ4n) is 2.91. The first kappa shape index (κ1) is 22.2. The third kappa shape index (κ3) is 5.58. The van der Waals surface area contributed by atoms with E-state index < -0.39 is 5.82 Å². The Labute approximate surface area is 188 Å². The summed E-state index contributed by atoms with van der Waals surface area (Å²) >= 11 is 5.05. The van der Waals surface area contributed by atoms with Crippen LogP contribution in [0, 0.1) is 5.82 Å². The van der Waals surface area contributed by atoms with Crippen LogP contribution in [0.4, 0.5) is 4.39 Å². The minimum absolute atomic E-state index is 0.0389. The molecule has 1 aromatic heterocycles. The molecule has 0 atom stereocenters. The molecular weight excluding hydrogens is 467 g/mol. The van der Waals surface area contributed by atoms with Gasteiger partial charge in [0.2, 0.25) is 0 Å². The van der Waals surface area contributed by atoms with E-state index in [1.54, 1.807) is 37.5 Å². The molecule has 0 saturated heterocycles. The Morgan fingerprint density at radius 3 is 2.70 bits per heavy atom. The Morgan fingerprint density at radius 1 is 1.17 bits per heavy atom. The third-order valence-electron chi connectivity index (χ3n) is 4.43. The summed E-state index contributed by atoms with van der Waals surface area (Å²) in [6.45, 7) is 2.27. The fourth-order valence-corrected chi connectivity index (χ4v) is 4.81. The van der Waals surface area contributed by atoms with Gasteiger partial charge in [0.15, 0.2) is 17.3 Å². The number of ether oxygens (including phenoxy) is 2. The molecule has 3 rings (SSSR count). The van der Waals surface area contributed by atoms with Gasteiger partial charge in [0.05, 0.1) is 12.0 Å². The average molecular weight is 489 g/mol. The topological polar surface area (TPSA) is 35.5 Å². The number of ketones is 1. The van der Waals surface area contributed by atoms with Crippen molar-refractivity contribution in [1.82, 2.24) is 0 Å². The van der Waals surface area contributed by atoms with Gasteiger partial charge >= 0.3 is 0 Å². The second-order valence-electron chi connectivity index (χ2n) is 6.62. The normalized spacial score (nSPS) is 11.1. The van der Waals surface area contributed by atoms with Gasteiger partial charge in [-0.05, 0) is 64.3 Å². The van der Waals surface area contributed by atoms with E-state index in [0.29, 0.717) is 10.6 Å². The summed E-state index contributed by atoms with van der Waals surface area (Å²) in [5, 5.41) is 0. The lowest BCUT2D eigenvalue weighted by Gasteiger charge is -2.11. The molecule has 0 saturated carbocycles. The molecule has 2 aromatic carbocycles. The molecule has 6 heteroatoms. The number of hydrogen-bond acceptors (Lipinski definition) is 4. The maximum Gasteiger partial charge on any atom is 0.195 e. The molecule has 0 radical (unpaired) electrons. The van der Waals surface area contributed by atoms with Crippen molar-refractivity contribution in [2.24, 2.45) is 0 Å². The number of methoxy groups -OCH3 is 1. The Balaban J connectivity index is 1.74. The van der Waals surface area contributed by atoms with Gasteiger partial charge in [-0.15, -0.1) is 11.3 Å². The highest BCUT2D eigenvalue weighted by atomic mass is 79.9. The van der Waals surface area contributed by atoms with E-state index in [1.165, 1.54) is 22.3 Å². The van der Waals surface area contributed by atoms with Gasteiger partial charge in [-0.1, -0.05) is 37.6 Å². The average Bonchev–Trinajstić information content (AvgIpc) is 3.12. The minimum atomic E-state index is -0.414. The summed E-state index contributed by atoms with van der Waals surface area (Å²) in [6, 6.07) is 13.7. The number of halogens is 2. The van der Waals surface area contributed by atoms with Crippen molar-refractivity contribution in [3.8, 4) is 11.5 Å². The Bertz CT molecular complexity index is 1060. The lowest BCUT2D eigenvalue weighted by atomic mass is 10.1. The number of carbonyl (C=O) groups excluding carboxylic acids is 1. The summed E-state index contributed by atoms with van der Waals surface area (Å²) in [4.78, 5) is 14.4. The van der Waals surface area contributed by atoms with Crippen LogP contribution in [0.2, 0.25) is 0 Å². The highest BCUT2D eigenvalue weighted by molar-refractivity contribution is 9.10. The van der Waals surface area contributed by atoms with Gasteiger partial charge in [0, 0.05) is 14.9 Å². The van der Waals surface area contributed by atoms with Crippen LogP contribution in [0.3, 0.4) is 0 Å². The molecule has 156 valence electrons. The molecule has 3 nitrogen and oxygen atoms in total. The second kappa shape index (κ2) is 10.5. The summed E-state index contributed by atoms with van der Waals surface area (Å²) in [7, 11) is 1.57. The van der Waals surface area contributed by atoms with Crippen LogP contribution in [0.5, 0.6) is 11.5 Å². The number of benzene rings is 2. The molecule has 0 bridgehead atoms. The molecule has 0 aliphatic carbocycles. The number of hydrogen-bond donors (Lipinski definition) is 0. The van der Waals surface area contributed by atoms with Gasteiger partial charge in [-0.2, -0.15) is 0 Å². The van der Waals surface area contributed by atoms with Crippen molar-refractivity contribution < 1.29 is 18.7 Å². The number of carbonyl (C=O) groups is 1. The standard InChI is InChI=1S/C24H22BrFO3S/c1-3-6-23-18(25)14-24(30-23)20(27)11-9-16-10-12-21(28-2)17(13-16)15-29-22-8-5-4-7-19(22)26/h4-5,7-14H,3,6,15H2,1-2H3/b11-9+. The first-order valence-electron chi connectivity index (χ1n) is 9.56. The summed E-state index contributed by atoms with van der Waals surface area (Å²) < 4.78 is 25.8. The van der Waals surface area contributed by atoms with E-state index >= 15 is 0 Å². The molecule has 3 aromatic rings. The zero-order chi connectivity index (χ0) is 21.5. The molecular formula is C24H22BrFO3S. The molecule has 0 aliphatic heterocycles. The minimum Gasteiger partial charge on any atom is -0.496 e. The SMILES string of the molecule is CCCc1sc(C(=O)/C=C/c2ccc(OC)c(COc3ccccc3F)c2)cc1Br. The van der Waals surface area contributed by atoms with E-state index in [2.05, 4.69) is 22.9 Å². The van der Waals surface area contributed by atoms with Gasteiger partial charge in [-0.25, -0.2) is 4.39 Å². The van der Waals surface area contributed by atoms with Crippen LogP contribution >= 0.6 is 27.3 Å². The Hall–Kier alpha value is -2.44. The van der Waals surface area contributed by atoms with Crippen molar-refractivity contribution in [3.63, 3.8) is 0 Å². The smallest absolute Gasteiger partial charge is 0.195 e. The van der Waals surface area contributed by atoms with Crippen LogP contribution in [0.15, 0.2) is 59.1 Å². The molecule has 0 aliphatic rings. The van der Waals surface area contributed by atoms with Gasteiger partial charge in [0.1, 0.15) is 12.4 Å². The van der Waals surface area contributed by atoms with Crippen LogP contribution in [-0.2, 0) is 13.0 Å². The highest BCUT2D eigenvalue weighted by Crippen LogP contribution is 2.29. The lowest BCUT2D eigenvalue weighted by molar-refractivity contribution is 0.105. The van der Waals surface area contributed by atoms with Gasteiger partial charge in [0.25, 0.3) is 0 Å². The van der Waals surface area contributed by atoms with Gasteiger partial charge in [-0.3, -0.25) is 4.79 Å². The Morgan fingerprint density at radius 2 is 1.97 bits per heavy atom. The predicted octanol–water partition coefficient (Wildman–Crippen LogP) is 7.09. The van der Waals surface area contributed by atoms with E-state index in [0.717, 1.165) is 28.4 Å². The molecule has 0 N–H and O–H groups in total. The largest absolute Gasteiger partial charge is 0.496 e. The fraction of sp³-hybridized carbons (Fsp3) is 0.208. The molecule has 0 amide bonds. The quantitative estimate of drug-likeness (QED) is 0.238. The van der Waals surface area contributed by atoms with Gasteiger partial charge < -0.3 is 9.47 Å². The van der Waals surface area contributed by atoms with Crippen molar-refractivity contribution in [1.29, 1.82) is 0 Å². The van der Waals surface area contributed by atoms with Crippen molar-refractivity contribution in [3.05, 3.63) is 85.8 Å². The van der Waals surface area contributed by atoms with Crippen LogP contribution in [0.25, 0.3) is 6.08 Å². The van der Waals surface area contributed by atoms with Crippen LogP contribution in [0.1, 0.15) is 39.0 Å². The van der Waals surface area contributed by atoms with Crippen molar-refractivity contribution in [2.75, 3.05) is 7.11 Å². The zero-order valence-electron chi connectivity index (χ0n) is 16.8. The number of rotatable bonds is 9.